The van der Waals surface area contributed by atoms with E-state index in [1.54, 1.807) is 16.4 Å². The number of allylic oxidation sites excluding steroid dienone is 1. The van der Waals surface area contributed by atoms with Crippen molar-refractivity contribution in [2.45, 2.75) is 51.6 Å². The molecule has 8 heteroatoms. The first-order valence-electron chi connectivity index (χ1n) is 12.5. The maximum absolute atomic E-state index is 13.8. The van der Waals surface area contributed by atoms with Crippen LogP contribution in [0.1, 0.15) is 46.3 Å². The van der Waals surface area contributed by atoms with Crippen molar-refractivity contribution in [3.8, 4) is 0 Å². The molecule has 3 aromatic carbocycles. The molecule has 194 valence electrons. The van der Waals surface area contributed by atoms with Gasteiger partial charge in [0.15, 0.2) is 0 Å². The maximum Gasteiger partial charge on any atom is 0.255 e. The van der Waals surface area contributed by atoms with Gasteiger partial charge < -0.3 is 10.6 Å². The van der Waals surface area contributed by atoms with Gasteiger partial charge in [-0.1, -0.05) is 77.0 Å². The Morgan fingerprint density at radius 2 is 1.76 bits per heavy atom. The van der Waals surface area contributed by atoms with E-state index in [0.717, 1.165) is 33.8 Å². The summed E-state index contributed by atoms with van der Waals surface area (Å²) in [6.07, 6.45) is 0. The quantitative estimate of drug-likeness (QED) is 0.248. The van der Waals surface area contributed by atoms with Crippen LogP contribution in [0, 0.1) is 27.7 Å². The number of thioether (sulfide) groups is 1. The second-order valence-corrected chi connectivity index (χ2v) is 11.2. The Labute approximate surface area is 232 Å². The summed E-state index contributed by atoms with van der Waals surface area (Å²) in [6, 6.07) is 19.5. The number of fused-ring (bicyclic) bond motifs is 1. The first kappa shape index (κ1) is 26.1. The Bertz CT molecular complexity index is 1570. The number of amides is 1. The average molecular weight is 544 g/mol. The van der Waals surface area contributed by atoms with Gasteiger partial charge in [-0.25, -0.2) is 4.68 Å². The Morgan fingerprint density at radius 1 is 1.00 bits per heavy atom. The van der Waals surface area contributed by atoms with Crippen LogP contribution in [0.5, 0.6) is 0 Å². The summed E-state index contributed by atoms with van der Waals surface area (Å²) in [6.45, 7) is 10.1. The van der Waals surface area contributed by atoms with E-state index >= 15 is 0 Å². The summed E-state index contributed by atoms with van der Waals surface area (Å²) in [7, 11) is 0. The van der Waals surface area contributed by atoms with Gasteiger partial charge in [0.25, 0.3) is 5.91 Å². The van der Waals surface area contributed by atoms with E-state index in [9.17, 15) is 4.79 Å². The van der Waals surface area contributed by atoms with Gasteiger partial charge in [-0.2, -0.15) is 4.98 Å². The normalized spacial score (nSPS) is 14.7. The monoisotopic (exact) mass is 543 g/mol. The minimum Gasteiger partial charge on any atom is -0.328 e. The Kier molecular flexibility index (Phi) is 7.32. The van der Waals surface area contributed by atoms with Crippen molar-refractivity contribution in [2.75, 3.05) is 10.6 Å². The molecule has 5 rings (SSSR count). The number of rotatable bonds is 6. The molecule has 1 atom stereocenters. The lowest BCUT2D eigenvalue weighted by Gasteiger charge is -2.29. The van der Waals surface area contributed by atoms with Crippen LogP contribution in [0.25, 0.3) is 0 Å². The highest BCUT2D eigenvalue weighted by atomic mass is 35.5. The first-order valence-corrected chi connectivity index (χ1v) is 13.8. The SMILES string of the molecule is CC1=C(C(=O)Nc2ccc(C)cc2C)[C@@H](c2cccc(Cl)c2)n2nc(SCc3cc(C)ccc3C)nc2N1. The molecule has 6 nitrogen and oxygen atoms in total. The molecule has 1 aromatic heterocycles. The van der Waals surface area contributed by atoms with Crippen molar-refractivity contribution in [1.29, 1.82) is 0 Å². The molecular formula is C30H30ClN5OS. The van der Waals surface area contributed by atoms with Crippen LogP contribution in [0.3, 0.4) is 0 Å². The van der Waals surface area contributed by atoms with Gasteiger partial charge >= 0.3 is 0 Å². The predicted octanol–water partition coefficient (Wildman–Crippen LogP) is 7.39. The summed E-state index contributed by atoms with van der Waals surface area (Å²) < 4.78 is 1.79. The Morgan fingerprint density at radius 3 is 2.53 bits per heavy atom. The summed E-state index contributed by atoms with van der Waals surface area (Å²) in [4.78, 5) is 18.5. The molecule has 2 heterocycles. The van der Waals surface area contributed by atoms with Crippen molar-refractivity contribution >= 4 is 40.9 Å². The molecule has 0 saturated carbocycles. The fourth-order valence-electron chi connectivity index (χ4n) is 4.71. The van der Waals surface area contributed by atoms with E-state index in [0.29, 0.717) is 21.7 Å². The van der Waals surface area contributed by atoms with E-state index in [-0.39, 0.29) is 5.91 Å². The van der Waals surface area contributed by atoms with Crippen molar-refractivity contribution in [1.82, 2.24) is 14.8 Å². The minimum atomic E-state index is -0.488. The topological polar surface area (TPSA) is 71.8 Å². The Hall–Kier alpha value is -3.55. The van der Waals surface area contributed by atoms with E-state index in [2.05, 4.69) is 48.7 Å². The molecule has 0 spiro atoms. The molecule has 0 radical (unpaired) electrons. The molecule has 0 saturated heterocycles. The zero-order valence-corrected chi connectivity index (χ0v) is 23.7. The van der Waals surface area contributed by atoms with E-state index < -0.39 is 6.04 Å². The van der Waals surface area contributed by atoms with Crippen molar-refractivity contribution in [3.05, 3.63) is 110 Å². The minimum absolute atomic E-state index is 0.197. The van der Waals surface area contributed by atoms with Crippen molar-refractivity contribution in [2.24, 2.45) is 0 Å². The fourth-order valence-corrected chi connectivity index (χ4v) is 5.80. The smallest absolute Gasteiger partial charge is 0.255 e. The number of nitrogens with one attached hydrogen (secondary N) is 2. The molecule has 0 bridgehead atoms. The summed E-state index contributed by atoms with van der Waals surface area (Å²) >= 11 is 7.97. The molecule has 0 fully saturated rings. The predicted molar refractivity (Wildman–Crippen MR) is 156 cm³/mol. The number of aryl methyl sites for hydroxylation is 4. The second kappa shape index (κ2) is 10.7. The first-order chi connectivity index (χ1) is 18.2. The number of nitrogens with zero attached hydrogens (tertiary/aromatic N) is 3. The van der Waals surface area contributed by atoms with E-state index in [1.165, 1.54) is 16.7 Å². The van der Waals surface area contributed by atoms with Crippen LogP contribution in [0.15, 0.2) is 77.1 Å². The third kappa shape index (κ3) is 5.35. The summed E-state index contributed by atoms with van der Waals surface area (Å²) in [5, 5.41) is 12.5. The zero-order valence-electron chi connectivity index (χ0n) is 22.1. The third-order valence-electron chi connectivity index (χ3n) is 6.73. The summed E-state index contributed by atoms with van der Waals surface area (Å²) in [5.74, 6) is 1.15. The van der Waals surface area contributed by atoms with Gasteiger partial charge in [-0.05, 0) is 75.1 Å². The van der Waals surface area contributed by atoms with Crippen LogP contribution in [-0.4, -0.2) is 20.7 Å². The highest BCUT2D eigenvalue weighted by Gasteiger charge is 2.34. The van der Waals surface area contributed by atoms with Gasteiger partial charge in [0, 0.05) is 22.2 Å². The number of anilines is 2. The number of carbonyl (C=O) groups excluding carboxylic acids is 1. The number of carbonyl (C=O) groups is 1. The van der Waals surface area contributed by atoms with Crippen LogP contribution in [-0.2, 0) is 10.5 Å². The molecule has 2 N–H and O–H groups in total. The average Bonchev–Trinajstić information content (AvgIpc) is 3.27. The maximum atomic E-state index is 13.8. The van der Waals surface area contributed by atoms with Crippen LogP contribution in [0.2, 0.25) is 5.02 Å². The number of aromatic nitrogens is 3. The third-order valence-corrected chi connectivity index (χ3v) is 7.86. The molecule has 0 unspecified atom stereocenters. The van der Waals surface area contributed by atoms with Crippen molar-refractivity contribution in [3.63, 3.8) is 0 Å². The number of halogens is 1. The van der Waals surface area contributed by atoms with E-state index in [1.807, 2.05) is 57.2 Å². The lowest BCUT2D eigenvalue weighted by atomic mass is 9.95. The molecular weight excluding hydrogens is 514 g/mol. The largest absolute Gasteiger partial charge is 0.328 e. The van der Waals surface area contributed by atoms with Crippen molar-refractivity contribution < 1.29 is 4.79 Å². The van der Waals surface area contributed by atoms with Crippen LogP contribution < -0.4 is 10.6 Å². The fraction of sp³-hybridized carbons (Fsp3) is 0.233. The lowest BCUT2D eigenvalue weighted by Crippen LogP contribution is -2.31. The molecule has 4 aromatic rings. The number of hydrogen-bond acceptors (Lipinski definition) is 5. The molecule has 1 aliphatic heterocycles. The van der Waals surface area contributed by atoms with E-state index in [4.69, 9.17) is 21.7 Å². The molecule has 1 amide bonds. The lowest BCUT2D eigenvalue weighted by molar-refractivity contribution is -0.113. The van der Waals surface area contributed by atoms with Gasteiger partial charge in [0.1, 0.15) is 6.04 Å². The van der Waals surface area contributed by atoms with Crippen LogP contribution in [0.4, 0.5) is 11.6 Å². The zero-order chi connectivity index (χ0) is 27.0. The number of hydrogen-bond donors (Lipinski definition) is 2. The summed E-state index contributed by atoms with van der Waals surface area (Å²) in [5.41, 5.74) is 8.80. The highest BCUT2D eigenvalue weighted by Crippen LogP contribution is 2.38. The standard InChI is InChI=1S/C30H30ClN5OS/c1-17-10-12-25(20(4)13-17)33-28(37)26-21(5)32-29-34-30(38-16-23-14-18(2)9-11-19(23)3)35-36(29)27(26)22-7-6-8-24(31)15-22/h6-15,27H,16H2,1-5H3,(H,33,37)(H,32,34,35)/t27-/m1/s1. The van der Waals surface area contributed by atoms with Gasteiger partial charge in [0.05, 0.1) is 5.57 Å². The van der Waals surface area contributed by atoms with Gasteiger partial charge in [-0.3, -0.25) is 4.79 Å². The molecule has 0 aliphatic carbocycles. The second-order valence-electron chi connectivity index (χ2n) is 9.77. The Balaban J connectivity index is 1.50. The molecule has 38 heavy (non-hydrogen) atoms. The highest BCUT2D eigenvalue weighted by molar-refractivity contribution is 7.98. The van der Waals surface area contributed by atoms with Gasteiger partial charge in [-0.15, -0.1) is 5.10 Å². The van der Waals surface area contributed by atoms with Gasteiger partial charge in [0.2, 0.25) is 11.1 Å². The molecule has 1 aliphatic rings. The number of benzene rings is 3. The van der Waals surface area contributed by atoms with Crippen LogP contribution >= 0.6 is 23.4 Å².